The Labute approximate surface area is 252 Å². The van der Waals surface area contributed by atoms with Gasteiger partial charge in [0.1, 0.15) is 17.7 Å². The quantitative estimate of drug-likeness (QED) is 0.423. The molecular weight excluding hydrogens is 538 g/mol. The zero-order valence-corrected chi connectivity index (χ0v) is 24.9. The molecule has 43 heavy (non-hydrogen) atoms. The Morgan fingerprint density at radius 1 is 0.977 bits per heavy atom. The van der Waals surface area contributed by atoms with Gasteiger partial charge >= 0.3 is 5.97 Å². The smallest absolute Gasteiger partial charge is 0.320 e. The molecule has 4 aliphatic rings. The first-order valence-electron chi connectivity index (χ1n) is 15.3. The largest absolute Gasteiger partial charge is 0.465 e. The summed E-state index contributed by atoms with van der Waals surface area (Å²) >= 11 is 0. The number of aromatic nitrogens is 1. The van der Waals surface area contributed by atoms with Crippen molar-refractivity contribution in [2.75, 3.05) is 46.4 Å². The van der Waals surface area contributed by atoms with Crippen LogP contribution in [0.1, 0.15) is 25.3 Å². The molecule has 3 aliphatic heterocycles. The van der Waals surface area contributed by atoms with Gasteiger partial charge in [-0.1, -0.05) is 48.5 Å². The number of amidine groups is 1. The van der Waals surface area contributed by atoms with Crippen molar-refractivity contribution in [2.45, 2.75) is 32.0 Å². The molecule has 7 rings (SSSR count). The lowest BCUT2D eigenvalue weighted by molar-refractivity contribution is -0.145. The average Bonchev–Trinajstić information content (AvgIpc) is 3.30. The Balaban J connectivity index is 1.08. The van der Waals surface area contributed by atoms with Crippen LogP contribution in [0.4, 0.5) is 0 Å². The van der Waals surface area contributed by atoms with Crippen molar-refractivity contribution in [3.8, 4) is 11.3 Å². The van der Waals surface area contributed by atoms with Crippen molar-refractivity contribution >= 4 is 28.4 Å². The summed E-state index contributed by atoms with van der Waals surface area (Å²) in [5, 5.41) is 1.11. The summed E-state index contributed by atoms with van der Waals surface area (Å²) < 4.78 is 5.13. The maximum atomic E-state index is 11.9. The number of pyridine rings is 1. The molecule has 1 aliphatic carbocycles. The number of carbonyl (C=O) groups is 1. The molecule has 9 heteroatoms. The van der Waals surface area contributed by atoms with Crippen molar-refractivity contribution in [1.29, 1.82) is 0 Å². The lowest BCUT2D eigenvalue weighted by Gasteiger charge is -2.50. The highest BCUT2D eigenvalue weighted by Gasteiger charge is 2.48. The minimum atomic E-state index is -0.126. The van der Waals surface area contributed by atoms with E-state index in [1.165, 1.54) is 0 Å². The van der Waals surface area contributed by atoms with E-state index < -0.39 is 0 Å². The van der Waals surface area contributed by atoms with Gasteiger partial charge in [0, 0.05) is 74.1 Å². The first-order chi connectivity index (χ1) is 21.0. The third-order valence-electron chi connectivity index (χ3n) is 9.39. The number of piperazine rings is 1. The Hall–Kier alpha value is -4.21. The van der Waals surface area contributed by atoms with Crippen molar-refractivity contribution in [2.24, 2.45) is 16.6 Å². The minimum absolute atomic E-state index is 0.126. The van der Waals surface area contributed by atoms with E-state index in [-0.39, 0.29) is 12.1 Å². The van der Waals surface area contributed by atoms with Crippen molar-refractivity contribution in [3.63, 3.8) is 0 Å². The topological polar surface area (TPSA) is 90.5 Å². The maximum absolute atomic E-state index is 11.9. The highest BCUT2D eigenvalue weighted by molar-refractivity contribution is 6.05. The van der Waals surface area contributed by atoms with Crippen LogP contribution in [0.3, 0.4) is 0 Å². The molecule has 9 nitrogen and oxygen atoms in total. The fourth-order valence-corrected chi connectivity index (χ4v) is 7.17. The lowest BCUT2D eigenvalue weighted by Crippen LogP contribution is -2.58. The van der Waals surface area contributed by atoms with Gasteiger partial charge in [0.05, 0.1) is 30.1 Å². The van der Waals surface area contributed by atoms with Gasteiger partial charge < -0.3 is 20.3 Å². The van der Waals surface area contributed by atoms with Gasteiger partial charge in [-0.3, -0.25) is 14.6 Å². The van der Waals surface area contributed by atoms with Crippen LogP contribution in [0.2, 0.25) is 0 Å². The van der Waals surface area contributed by atoms with Gasteiger partial charge in [-0.15, -0.1) is 0 Å². The average molecular weight is 578 g/mol. The number of benzene rings is 2. The zero-order chi connectivity index (χ0) is 29.5. The van der Waals surface area contributed by atoms with E-state index in [9.17, 15) is 4.79 Å². The van der Waals surface area contributed by atoms with Crippen LogP contribution in [0.25, 0.3) is 27.9 Å². The van der Waals surface area contributed by atoms with Crippen molar-refractivity contribution < 1.29 is 9.53 Å². The summed E-state index contributed by atoms with van der Waals surface area (Å²) in [4.78, 5) is 31.0. The fraction of sp³-hybridized carbons (Fsp3) is 0.382. The van der Waals surface area contributed by atoms with E-state index in [0.29, 0.717) is 30.9 Å². The summed E-state index contributed by atoms with van der Waals surface area (Å²) in [5.74, 6) is 0.921. The van der Waals surface area contributed by atoms with Crippen LogP contribution in [0.15, 0.2) is 83.8 Å². The van der Waals surface area contributed by atoms with Gasteiger partial charge in [-0.05, 0) is 31.9 Å². The van der Waals surface area contributed by atoms with Crippen molar-refractivity contribution in [3.05, 3.63) is 84.3 Å². The Kier molecular flexibility index (Phi) is 7.36. The molecule has 2 aromatic carbocycles. The third kappa shape index (κ3) is 5.17. The molecule has 0 spiro atoms. The Bertz CT molecular complexity index is 1600. The normalized spacial score (nSPS) is 24.2. The second kappa shape index (κ2) is 11.5. The van der Waals surface area contributed by atoms with Gasteiger partial charge in [0.2, 0.25) is 0 Å². The second-order valence-corrected chi connectivity index (χ2v) is 11.9. The van der Waals surface area contributed by atoms with Crippen LogP contribution < -0.4 is 5.73 Å². The minimum Gasteiger partial charge on any atom is -0.465 e. The molecule has 2 N–H and O–H groups in total. The summed E-state index contributed by atoms with van der Waals surface area (Å²) in [6.07, 6.45) is 6.34. The van der Waals surface area contributed by atoms with E-state index >= 15 is 0 Å². The maximum Gasteiger partial charge on any atom is 0.320 e. The number of esters is 1. The highest BCUT2D eigenvalue weighted by Crippen LogP contribution is 2.46. The summed E-state index contributed by atoms with van der Waals surface area (Å²) in [6.45, 7) is 6.47. The molecular formula is C34H39N7O2. The van der Waals surface area contributed by atoms with E-state index in [1.54, 1.807) is 0 Å². The van der Waals surface area contributed by atoms with Gasteiger partial charge in [-0.2, -0.15) is 0 Å². The van der Waals surface area contributed by atoms with E-state index in [0.717, 1.165) is 78.1 Å². The van der Waals surface area contributed by atoms with E-state index in [1.807, 2.05) is 31.3 Å². The number of aliphatic imine (C=N–C) groups is 1. The number of carbonyl (C=O) groups excluding carboxylic acids is 1. The molecule has 4 heterocycles. The van der Waals surface area contributed by atoms with Crippen LogP contribution in [-0.2, 0) is 9.53 Å². The SMILES string of the molecule is CCOC(=O)CN1CCN(C2CC(C3N(C)C(c4ccc5ccc(-c6ccccc6)nc5c4)=C4C(N)=NC=CN43)C2)CC1. The Morgan fingerprint density at radius 3 is 2.51 bits per heavy atom. The van der Waals surface area contributed by atoms with Gasteiger partial charge in [-0.25, -0.2) is 9.98 Å². The van der Waals surface area contributed by atoms with Crippen molar-refractivity contribution in [1.82, 2.24) is 24.6 Å². The fourth-order valence-electron chi connectivity index (χ4n) is 7.17. The van der Waals surface area contributed by atoms with Crippen LogP contribution in [0, 0.1) is 5.92 Å². The molecule has 0 bridgehead atoms. The molecule has 1 saturated heterocycles. The number of fused-ring (bicyclic) bond motifs is 2. The molecule has 1 aromatic heterocycles. The number of nitrogens with two attached hydrogens (primary N) is 1. The highest BCUT2D eigenvalue weighted by atomic mass is 16.5. The predicted molar refractivity (Wildman–Crippen MR) is 169 cm³/mol. The molecule has 1 unspecified atom stereocenters. The van der Waals surface area contributed by atoms with Gasteiger partial charge in [0.25, 0.3) is 0 Å². The van der Waals surface area contributed by atoms with Crippen LogP contribution in [0.5, 0.6) is 0 Å². The molecule has 0 radical (unpaired) electrons. The molecule has 0 amide bonds. The molecule has 1 saturated carbocycles. The van der Waals surface area contributed by atoms with Gasteiger partial charge in [0.15, 0.2) is 0 Å². The standard InChI is InChI=1S/C34H39N7O2/c1-3-43-30(42)22-39-15-17-40(18-16-39)27-19-26(20-27)34-38(2)31(32-33(35)36-13-14-41(32)34)25-10-9-24-11-12-28(37-29(24)21-25)23-7-5-4-6-8-23/h4-14,21,26-27,34H,3,15-20,22H2,1-2H3,(H2,35,36). The number of ether oxygens (including phenoxy) is 1. The van der Waals surface area contributed by atoms with E-state index in [2.05, 4.69) is 80.3 Å². The lowest BCUT2D eigenvalue weighted by atomic mass is 9.76. The number of rotatable bonds is 7. The van der Waals surface area contributed by atoms with Crippen LogP contribution in [-0.4, -0.2) is 95.0 Å². The number of hydrogen-bond donors (Lipinski definition) is 1. The molecule has 222 valence electrons. The number of hydrogen-bond acceptors (Lipinski definition) is 9. The first kappa shape index (κ1) is 27.6. The summed E-state index contributed by atoms with van der Waals surface area (Å²) in [5.41, 5.74) is 12.8. The molecule has 1 atom stereocenters. The number of nitrogens with zero attached hydrogens (tertiary/aromatic N) is 6. The summed E-state index contributed by atoms with van der Waals surface area (Å²) in [7, 11) is 2.19. The third-order valence-corrected chi connectivity index (χ3v) is 9.39. The van der Waals surface area contributed by atoms with Crippen LogP contribution >= 0.6 is 0 Å². The first-order valence-corrected chi connectivity index (χ1v) is 15.3. The van der Waals surface area contributed by atoms with E-state index in [4.69, 9.17) is 15.5 Å². The zero-order valence-electron chi connectivity index (χ0n) is 24.9. The Morgan fingerprint density at radius 2 is 1.74 bits per heavy atom. The predicted octanol–water partition coefficient (Wildman–Crippen LogP) is 3.95. The monoisotopic (exact) mass is 577 g/mol. The summed E-state index contributed by atoms with van der Waals surface area (Å²) in [6, 6.07) is 21.6. The molecule has 3 aromatic rings. The second-order valence-electron chi connectivity index (χ2n) is 11.9. The molecule has 2 fully saturated rings.